The van der Waals surface area contributed by atoms with Crippen molar-refractivity contribution in [1.29, 1.82) is 0 Å². The Labute approximate surface area is 113 Å². The number of urea groups is 1. The van der Waals surface area contributed by atoms with E-state index in [0.717, 1.165) is 17.5 Å². The molecule has 0 saturated heterocycles. The summed E-state index contributed by atoms with van der Waals surface area (Å²) in [7, 11) is 5.03. The van der Waals surface area contributed by atoms with Crippen LogP contribution in [0.3, 0.4) is 0 Å². The second-order valence-corrected chi connectivity index (χ2v) is 5.02. The summed E-state index contributed by atoms with van der Waals surface area (Å²) in [5.74, 6) is 0.602. The summed E-state index contributed by atoms with van der Waals surface area (Å²) < 4.78 is 5.14. The lowest BCUT2D eigenvalue weighted by atomic mass is 9.93. The van der Waals surface area contributed by atoms with Gasteiger partial charge in [-0.2, -0.15) is 0 Å². The largest absolute Gasteiger partial charge is 0.504 e. The Bertz CT molecular complexity index is 500. The molecule has 1 N–H and O–H groups in total. The van der Waals surface area contributed by atoms with Gasteiger partial charge in [0.2, 0.25) is 0 Å². The third-order valence-electron chi connectivity index (χ3n) is 3.61. The van der Waals surface area contributed by atoms with Gasteiger partial charge in [-0.1, -0.05) is 0 Å². The van der Waals surface area contributed by atoms with Gasteiger partial charge in [0.25, 0.3) is 0 Å². The van der Waals surface area contributed by atoms with Crippen molar-refractivity contribution in [2.45, 2.75) is 19.4 Å². The first-order chi connectivity index (χ1) is 8.95. The van der Waals surface area contributed by atoms with E-state index >= 15 is 0 Å². The predicted molar refractivity (Wildman–Crippen MR) is 72.6 cm³/mol. The van der Waals surface area contributed by atoms with Gasteiger partial charge >= 0.3 is 6.03 Å². The number of rotatable bonds is 1. The molecular weight excluding hydrogens is 244 g/mol. The third kappa shape index (κ3) is 2.32. The van der Waals surface area contributed by atoms with Crippen molar-refractivity contribution in [3.63, 3.8) is 0 Å². The maximum absolute atomic E-state index is 12.1. The summed E-state index contributed by atoms with van der Waals surface area (Å²) in [5.41, 5.74) is 2.12. The predicted octanol–water partition coefficient (Wildman–Crippen LogP) is 2.00. The lowest BCUT2D eigenvalue weighted by Crippen LogP contribution is -2.44. The minimum absolute atomic E-state index is 0.00481. The zero-order chi connectivity index (χ0) is 14.2. The van der Waals surface area contributed by atoms with Gasteiger partial charge in [0.1, 0.15) is 0 Å². The van der Waals surface area contributed by atoms with E-state index in [-0.39, 0.29) is 17.8 Å². The van der Waals surface area contributed by atoms with E-state index in [9.17, 15) is 9.90 Å². The van der Waals surface area contributed by atoms with E-state index < -0.39 is 0 Å². The Hall–Kier alpha value is -1.91. The fraction of sp³-hybridized carbons (Fsp3) is 0.500. The Morgan fingerprint density at radius 2 is 2.16 bits per heavy atom. The van der Waals surface area contributed by atoms with E-state index in [1.54, 1.807) is 25.1 Å². The Kier molecular flexibility index (Phi) is 3.55. The second kappa shape index (κ2) is 4.99. The molecule has 0 aromatic heterocycles. The molecule has 0 radical (unpaired) electrons. The van der Waals surface area contributed by atoms with Gasteiger partial charge in [-0.05, 0) is 36.6 Å². The molecule has 19 heavy (non-hydrogen) atoms. The molecule has 0 saturated carbocycles. The van der Waals surface area contributed by atoms with Crippen molar-refractivity contribution in [3.05, 3.63) is 23.3 Å². The van der Waals surface area contributed by atoms with Gasteiger partial charge < -0.3 is 19.6 Å². The number of benzene rings is 1. The zero-order valence-corrected chi connectivity index (χ0v) is 11.8. The normalized spacial score (nSPS) is 17.9. The van der Waals surface area contributed by atoms with Gasteiger partial charge in [0.05, 0.1) is 13.2 Å². The van der Waals surface area contributed by atoms with E-state index in [4.69, 9.17) is 4.74 Å². The molecule has 2 amide bonds. The summed E-state index contributed by atoms with van der Waals surface area (Å²) in [5, 5.41) is 9.80. The summed E-state index contributed by atoms with van der Waals surface area (Å²) in [6, 6.07) is 3.55. The molecule has 1 aliphatic heterocycles. The van der Waals surface area contributed by atoms with Crippen LogP contribution in [-0.4, -0.2) is 48.7 Å². The van der Waals surface area contributed by atoms with Crippen molar-refractivity contribution in [3.8, 4) is 11.5 Å². The van der Waals surface area contributed by atoms with Crippen molar-refractivity contribution in [2.24, 2.45) is 0 Å². The van der Waals surface area contributed by atoms with Crippen LogP contribution >= 0.6 is 0 Å². The van der Waals surface area contributed by atoms with E-state index in [0.29, 0.717) is 12.3 Å². The highest BCUT2D eigenvalue weighted by molar-refractivity contribution is 5.75. The number of fused-ring (bicyclic) bond motifs is 1. The fourth-order valence-electron chi connectivity index (χ4n) is 2.52. The van der Waals surface area contributed by atoms with Crippen LogP contribution in [-0.2, 0) is 6.42 Å². The summed E-state index contributed by atoms with van der Waals surface area (Å²) in [6.45, 7) is 2.66. The first kappa shape index (κ1) is 13.5. The van der Waals surface area contributed by atoms with Crippen LogP contribution in [0.4, 0.5) is 4.79 Å². The number of phenolic OH excluding ortho intramolecular Hbond substituents is 1. The molecule has 0 fully saturated rings. The van der Waals surface area contributed by atoms with Crippen LogP contribution in [0.25, 0.3) is 0 Å². The molecule has 0 spiro atoms. The van der Waals surface area contributed by atoms with Crippen LogP contribution in [0.2, 0.25) is 0 Å². The van der Waals surface area contributed by atoms with E-state index in [2.05, 4.69) is 0 Å². The molecule has 1 aliphatic rings. The minimum atomic E-state index is -0.0202. The lowest BCUT2D eigenvalue weighted by Gasteiger charge is -2.37. The average molecular weight is 264 g/mol. The average Bonchev–Trinajstić information content (AvgIpc) is 2.37. The molecule has 1 aromatic carbocycles. The maximum atomic E-state index is 12.1. The summed E-state index contributed by atoms with van der Waals surface area (Å²) in [6.07, 6.45) is 0.747. The van der Waals surface area contributed by atoms with Crippen LogP contribution in [0, 0.1) is 0 Å². The van der Waals surface area contributed by atoms with Crippen molar-refractivity contribution in [1.82, 2.24) is 9.80 Å². The molecule has 1 aromatic rings. The lowest BCUT2D eigenvalue weighted by molar-refractivity contribution is 0.149. The van der Waals surface area contributed by atoms with Gasteiger partial charge in [-0.25, -0.2) is 4.79 Å². The van der Waals surface area contributed by atoms with Crippen LogP contribution in [0.5, 0.6) is 11.5 Å². The molecule has 1 heterocycles. The highest BCUT2D eigenvalue weighted by Crippen LogP contribution is 2.37. The first-order valence-corrected chi connectivity index (χ1v) is 6.33. The Balaban J connectivity index is 2.37. The fourth-order valence-corrected chi connectivity index (χ4v) is 2.52. The third-order valence-corrected chi connectivity index (χ3v) is 3.61. The van der Waals surface area contributed by atoms with E-state index in [1.807, 2.05) is 17.9 Å². The van der Waals surface area contributed by atoms with Crippen LogP contribution in [0.1, 0.15) is 24.1 Å². The molecule has 104 valence electrons. The van der Waals surface area contributed by atoms with Gasteiger partial charge in [-0.3, -0.25) is 0 Å². The standard InChI is InChI=1S/C14H20N2O3/c1-9-11-8-13(19-4)12(17)7-10(11)5-6-16(9)14(18)15(2)3/h7-9,17H,5-6H2,1-4H3/t9-/m1/s1. The second-order valence-electron chi connectivity index (χ2n) is 5.02. The zero-order valence-electron chi connectivity index (χ0n) is 11.8. The molecule has 2 rings (SSSR count). The van der Waals surface area contributed by atoms with Crippen molar-refractivity contribution < 1.29 is 14.6 Å². The topological polar surface area (TPSA) is 53.0 Å². The number of ether oxygens (including phenoxy) is 1. The summed E-state index contributed by atoms with van der Waals surface area (Å²) in [4.78, 5) is 15.5. The van der Waals surface area contributed by atoms with E-state index in [1.165, 1.54) is 7.11 Å². The first-order valence-electron chi connectivity index (χ1n) is 6.33. The molecule has 0 aliphatic carbocycles. The minimum Gasteiger partial charge on any atom is -0.504 e. The number of hydrogen-bond donors (Lipinski definition) is 1. The number of hydrogen-bond acceptors (Lipinski definition) is 3. The maximum Gasteiger partial charge on any atom is 0.319 e. The van der Waals surface area contributed by atoms with Gasteiger partial charge in [-0.15, -0.1) is 0 Å². The number of amides is 2. The summed E-state index contributed by atoms with van der Waals surface area (Å²) >= 11 is 0. The number of carbonyl (C=O) groups excluding carboxylic acids is 1. The molecule has 1 atom stereocenters. The highest BCUT2D eigenvalue weighted by Gasteiger charge is 2.29. The highest BCUT2D eigenvalue weighted by atomic mass is 16.5. The number of carbonyl (C=O) groups is 1. The smallest absolute Gasteiger partial charge is 0.319 e. The quantitative estimate of drug-likeness (QED) is 0.844. The number of methoxy groups -OCH3 is 1. The van der Waals surface area contributed by atoms with Gasteiger partial charge in [0, 0.05) is 20.6 Å². The monoisotopic (exact) mass is 264 g/mol. The van der Waals surface area contributed by atoms with Crippen LogP contribution in [0.15, 0.2) is 12.1 Å². The molecule has 5 heteroatoms. The number of aromatic hydroxyl groups is 1. The van der Waals surface area contributed by atoms with Crippen molar-refractivity contribution >= 4 is 6.03 Å². The van der Waals surface area contributed by atoms with Crippen molar-refractivity contribution in [2.75, 3.05) is 27.7 Å². The molecule has 0 bridgehead atoms. The molecule has 5 nitrogen and oxygen atoms in total. The molecule has 0 unspecified atom stereocenters. The SMILES string of the molecule is COc1cc2c(cc1O)CCN(C(=O)N(C)C)[C@@H]2C. The number of phenols is 1. The van der Waals surface area contributed by atoms with Gasteiger partial charge in [0.15, 0.2) is 11.5 Å². The van der Waals surface area contributed by atoms with Crippen LogP contribution < -0.4 is 4.74 Å². The number of nitrogens with zero attached hydrogens (tertiary/aromatic N) is 2. The molecular formula is C14H20N2O3. The Morgan fingerprint density at radius 3 is 2.74 bits per heavy atom. The Morgan fingerprint density at radius 1 is 1.47 bits per heavy atom.